The second kappa shape index (κ2) is 5.64. The maximum Gasteiger partial charge on any atom is 0.193 e. The van der Waals surface area contributed by atoms with Gasteiger partial charge in [-0.1, -0.05) is 0 Å². The van der Waals surface area contributed by atoms with Gasteiger partial charge in [0.2, 0.25) is 0 Å². The summed E-state index contributed by atoms with van der Waals surface area (Å²) in [5, 5.41) is 0. The van der Waals surface area contributed by atoms with Crippen molar-refractivity contribution < 1.29 is 4.79 Å². The fraction of sp³-hybridized carbons (Fsp3) is 0.278. The van der Waals surface area contributed by atoms with Gasteiger partial charge in [0.05, 0.1) is 0 Å². The minimum atomic E-state index is 0.0374. The van der Waals surface area contributed by atoms with Gasteiger partial charge in [-0.25, -0.2) is 0 Å². The lowest BCUT2D eigenvalue weighted by Gasteiger charge is -2.18. The van der Waals surface area contributed by atoms with E-state index in [9.17, 15) is 4.79 Å². The average Bonchev–Trinajstić information content (AvgIpc) is 2.46. The van der Waals surface area contributed by atoms with E-state index in [1.807, 2.05) is 26.0 Å². The van der Waals surface area contributed by atoms with Crippen molar-refractivity contribution in [3.63, 3.8) is 0 Å². The van der Waals surface area contributed by atoms with Crippen LogP contribution in [0.5, 0.6) is 0 Å². The summed E-state index contributed by atoms with van der Waals surface area (Å²) in [5.41, 5.74) is 13.7. The van der Waals surface area contributed by atoms with Crippen LogP contribution in [0.1, 0.15) is 43.7 Å². The van der Waals surface area contributed by atoms with Crippen molar-refractivity contribution in [2.45, 2.75) is 34.6 Å². The van der Waals surface area contributed by atoms with Crippen LogP contribution in [0.3, 0.4) is 0 Å². The highest BCUT2D eigenvalue weighted by atomic mass is 79.9. The molecule has 0 aliphatic rings. The Balaban J connectivity index is 2.66. The summed E-state index contributed by atoms with van der Waals surface area (Å²) in [5.74, 6) is 0.0374. The Bertz CT molecular complexity index is 718. The third-order valence-corrected chi connectivity index (χ3v) is 5.21. The van der Waals surface area contributed by atoms with Gasteiger partial charge in [0.1, 0.15) is 0 Å². The Morgan fingerprint density at radius 1 is 0.905 bits per heavy atom. The second-order valence-electron chi connectivity index (χ2n) is 5.57. The zero-order valence-electron chi connectivity index (χ0n) is 13.1. The number of ketones is 1. The Hall–Kier alpha value is -1.61. The molecule has 0 spiro atoms. The third kappa shape index (κ3) is 2.62. The molecule has 2 aromatic carbocycles. The van der Waals surface area contributed by atoms with Crippen LogP contribution in [-0.4, -0.2) is 5.78 Å². The van der Waals surface area contributed by atoms with Crippen LogP contribution in [0, 0.1) is 34.6 Å². The third-order valence-electron chi connectivity index (χ3n) is 4.49. The molecule has 0 aliphatic carbocycles. The minimum absolute atomic E-state index is 0.0374. The summed E-state index contributed by atoms with van der Waals surface area (Å²) in [6, 6.07) is 5.36. The van der Waals surface area contributed by atoms with E-state index >= 15 is 0 Å². The normalized spacial score (nSPS) is 10.8. The highest BCUT2D eigenvalue weighted by Gasteiger charge is 2.19. The van der Waals surface area contributed by atoms with E-state index in [1.54, 1.807) is 6.07 Å². The summed E-state index contributed by atoms with van der Waals surface area (Å²) in [7, 11) is 0. The molecule has 0 fully saturated rings. The zero-order chi connectivity index (χ0) is 15.9. The molecule has 0 bridgehead atoms. The molecule has 0 heterocycles. The molecule has 110 valence electrons. The van der Waals surface area contributed by atoms with Crippen LogP contribution in [-0.2, 0) is 0 Å². The molecule has 2 N–H and O–H groups in total. The molecular weight excluding hydrogens is 326 g/mol. The van der Waals surface area contributed by atoms with E-state index in [0.717, 1.165) is 21.2 Å². The monoisotopic (exact) mass is 345 g/mol. The molecule has 21 heavy (non-hydrogen) atoms. The summed E-state index contributed by atoms with van der Waals surface area (Å²) < 4.78 is 0.809. The molecule has 2 nitrogen and oxygen atoms in total. The molecule has 0 radical (unpaired) electrons. The lowest BCUT2D eigenvalue weighted by atomic mass is 9.86. The number of halogens is 1. The van der Waals surface area contributed by atoms with Crippen LogP contribution in [0.4, 0.5) is 5.69 Å². The summed E-state index contributed by atoms with van der Waals surface area (Å²) in [6.07, 6.45) is 0. The Morgan fingerprint density at radius 3 is 1.86 bits per heavy atom. The highest BCUT2D eigenvalue weighted by Crippen LogP contribution is 2.29. The van der Waals surface area contributed by atoms with Crippen molar-refractivity contribution in [3.8, 4) is 0 Å². The number of nitrogens with two attached hydrogens (primary N) is 1. The molecule has 0 saturated heterocycles. The summed E-state index contributed by atoms with van der Waals surface area (Å²) in [4.78, 5) is 12.9. The molecule has 2 aromatic rings. The zero-order valence-corrected chi connectivity index (χ0v) is 14.7. The maximum absolute atomic E-state index is 12.9. The van der Waals surface area contributed by atoms with Gasteiger partial charge in [0.25, 0.3) is 0 Å². The van der Waals surface area contributed by atoms with Gasteiger partial charge in [-0.05, 0) is 96.6 Å². The molecule has 0 saturated carbocycles. The first-order valence-electron chi connectivity index (χ1n) is 6.92. The first-order chi connectivity index (χ1) is 9.75. The van der Waals surface area contributed by atoms with Gasteiger partial charge < -0.3 is 5.73 Å². The number of carbonyl (C=O) groups excluding carboxylic acids is 1. The number of anilines is 1. The van der Waals surface area contributed by atoms with Gasteiger partial charge in [-0.3, -0.25) is 4.79 Å². The van der Waals surface area contributed by atoms with Crippen molar-refractivity contribution in [1.82, 2.24) is 0 Å². The lowest BCUT2D eigenvalue weighted by Crippen LogP contribution is -2.11. The van der Waals surface area contributed by atoms with E-state index in [-0.39, 0.29) is 5.78 Å². The Labute approximate surface area is 134 Å². The van der Waals surface area contributed by atoms with Crippen molar-refractivity contribution >= 4 is 27.4 Å². The first-order valence-corrected chi connectivity index (χ1v) is 7.71. The molecule has 2 rings (SSSR count). The molecule has 0 amide bonds. The number of hydrogen-bond acceptors (Lipinski definition) is 2. The van der Waals surface area contributed by atoms with Crippen LogP contribution in [0.25, 0.3) is 0 Å². The van der Waals surface area contributed by atoms with E-state index < -0.39 is 0 Å². The van der Waals surface area contributed by atoms with E-state index in [0.29, 0.717) is 11.3 Å². The smallest absolute Gasteiger partial charge is 0.193 e. The molecule has 3 heteroatoms. The Morgan fingerprint density at radius 2 is 1.38 bits per heavy atom. The average molecular weight is 346 g/mol. The number of nitrogen functional groups attached to an aromatic ring is 1. The predicted molar refractivity (Wildman–Crippen MR) is 92.1 cm³/mol. The second-order valence-corrected chi connectivity index (χ2v) is 6.42. The fourth-order valence-corrected chi connectivity index (χ4v) is 2.92. The standard InChI is InChI=1S/C18H20BrNO/c1-9-10(2)12(4)17(13(5)11(9)3)18(21)14-6-7-15(19)16(20)8-14/h6-8H,20H2,1-5H3. The number of benzene rings is 2. The summed E-state index contributed by atoms with van der Waals surface area (Å²) in [6.45, 7) is 10.3. The Kier molecular flexibility index (Phi) is 4.24. The SMILES string of the molecule is Cc1c(C)c(C)c(C(=O)c2ccc(Br)c(N)c2)c(C)c1C. The first kappa shape index (κ1) is 15.8. The predicted octanol–water partition coefficient (Wildman–Crippen LogP) is 4.80. The van der Waals surface area contributed by atoms with Crippen molar-refractivity contribution in [3.05, 3.63) is 61.6 Å². The number of carbonyl (C=O) groups is 1. The van der Waals surface area contributed by atoms with E-state index in [4.69, 9.17) is 5.73 Å². The summed E-state index contributed by atoms with van der Waals surface area (Å²) >= 11 is 3.36. The van der Waals surface area contributed by atoms with E-state index in [2.05, 4.69) is 36.7 Å². The van der Waals surface area contributed by atoms with Gasteiger partial charge >= 0.3 is 0 Å². The lowest BCUT2D eigenvalue weighted by molar-refractivity contribution is 0.103. The molecule has 0 atom stereocenters. The quantitative estimate of drug-likeness (QED) is 0.627. The van der Waals surface area contributed by atoms with Crippen LogP contribution in [0.2, 0.25) is 0 Å². The van der Waals surface area contributed by atoms with E-state index in [1.165, 1.54) is 16.7 Å². The maximum atomic E-state index is 12.9. The van der Waals surface area contributed by atoms with Crippen molar-refractivity contribution in [2.24, 2.45) is 0 Å². The topological polar surface area (TPSA) is 43.1 Å². The molecule has 0 aliphatic heterocycles. The van der Waals surface area contributed by atoms with Crippen molar-refractivity contribution in [2.75, 3.05) is 5.73 Å². The van der Waals surface area contributed by atoms with Crippen molar-refractivity contribution in [1.29, 1.82) is 0 Å². The van der Waals surface area contributed by atoms with Gasteiger partial charge in [0.15, 0.2) is 5.78 Å². The largest absolute Gasteiger partial charge is 0.398 e. The highest BCUT2D eigenvalue weighted by molar-refractivity contribution is 9.10. The number of hydrogen-bond donors (Lipinski definition) is 1. The van der Waals surface area contributed by atoms with Gasteiger partial charge in [-0.2, -0.15) is 0 Å². The van der Waals surface area contributed by atoms with Crippen LogP contribution < -0.4 is 5.73 Å². The van der Waals surface area contributed by atoms with Crippen LogP contribution in [0.15, 0.2) is 22.7 Å². The fourth-order valence-electron chi connectivity index (χ4n) is 2.67. The molecular formula is C18H20BrNO. The number of rotatable bonds is 2. The molecule has 0 unspecified atom stereocenters. The van der Waals surface area contributed by atoms with Gasteiger partial charge in [0, 0.05) is 21.3 Å². The minimum Gasteiger partial charge on any atom is -0.398 e. The molecule has 0 aromatic heterocycles. The van der Waals surface area contributed by atoms with Crippen LogP contribution >= 0.6 is 15.9 Å². The van der Waals surface area contributed by atoms with Gasteiger partial charge in [-0.15, -0.1) is 0 Å².